The van der Waals surface area contributed by atoms with Crippen LogP contribution in [-0.4, -0.2) is 59.4 Å². The Morgan fingerprint density at radius 1 is 0.971 bits per heavy atom. The third-order valence-electron chi connectivity index (χ3n) is 6.02. The lowest BCUT2D eigenvalue weighted by atomic mass is 10.1. The predicted octanol–water partition coefficient (Wildman–Crippen LogP) is 4.82. The van der Waals surface area contributed by atoms with Crippen LogP contribution < -0.4 is 4.74 Å². The first-order valence-corrected chi connectivity index (χ1v) is 12.7. The summed E-state index contributed by atoms with van der Waals surface area (Å²) in [4.78, 5) is 34.8. The number of ether oxygens (including phenoxy) is 1. The van der Waals surface area contributed by atoms with Gasteiger partial charge in [0.2, 0.25) is 5.91 Å². The van der Waals surface area contributed by atoms with Gasteiger partial charge in [0.25, 0.3) is 5.91 Å². The Labute approximate surface area is 205 Å². The minimum atomic E-state index is 0.00311. The number of piperazine rings is 1. The third kappa shape index (κ3) is 5.83. The van der Waals surface area contributed by atoms with Gasteiger partial charge < -0.3 is 14.5 Å². The molecule has 0 spiro atoms. The van der Waals surface area contributed by atoms with Crippen LogP contribution in [0.5, 0.6) is 5.75 Å². The Morgan fingerprint density at radius 3 is 2.32 bits per heavy atom. The van der Waals surface area contributed by atoms with Gasteiger partial charge in [0.1, 0.15) is 15.6 Å². The van der Waals surface area contributed by atoms with Gasteiger partial charge in [0.05, 0.1) is 12.3 Å². The zero-order valence-corrected chi connectivity index (χ0v) is 20.6. The van der Waals surface area contributed by atoms with Crippen molar-refractivity contribution in [3.8, 4) is 16.3 Å². The van der Waals surface area contributed by atoms with E-state index in [1.165, 1.54) is 16.9 Å². The molecule has 0 atom stereocenters. The van der Waals surface area contributed by atoms with Crippen molar-refractivity contribution in [3.05, 3.63) is 70.7 Å². The van der Waals surface area contributed by atoms with E-state index in [1.54, 1.807) is 0 Å². The normalized spacial score (nSPS) is 13.7. The summed E-state index contributed by atoms with van der Waals surface area (Å²) in [5, 5.41) is 0.830. The highest BCUT2D eigenvalue weighted by Crippen LogP contribution is 2.30. The average Bonchev–Trinajstić information content (AvgIpc) is 3.26. The number of benzene rings is 2. The van der Waals surface area contributed by atoms with Gasteiger partial charge in [0.15, 0.2) is 0 Å². The highest BCUT2D eigenvalue weighted by Gasteiger charge is 2.27. The SMILES string of the molecule is CCOc1ccc(-c2nc(C)c(C(=O)N3CCN(C(=O)CCCc4ccccc4)CC3)s2)cc1. The molecule has 2 heterocycles. The Morgan fingerprint density at radius 2 is 1.65 bits per heavy atom. The molecule has 0 unspecified atom stereocenters. The number of hydrogen-bond donors (Lipinski definition) is 0. The molecule has 178 valence electrons. The van der Waals surface area contributed by atoms with Crippen molar-refractivity contribution in [1.29, 1.82) is 0 Å². The molecule has 0 saturated carbocycles. The Bertz CT molecular complexity index is 1100. The molecule has 4 rings (SSSR count). The first-order valence-electron chi connectivity index (χ1n) is 11.9. The Hall–Kier alpha value is -3.19. The molecular weight excluding hydrogens is 446 g/mol. The zero-order chi connectivity index (χ0) is 23.9. The number of aromatic nitrogens is 1. The van der Waals surface area contributed by atoms with E-state index in [0.29, 0.717) is 44.1 Å². The van der Waals surface area contributed by atoms with E-state index in [2.05, 4.69) is 17.1 Å². The quantitative estimate of drug-likeness (QED) is 0.466. The molecule has 0 radical (unpaired) electrons. The van der Waals surface area contributed by atoms with Crippen molar-refractivity contribution in [2.24, 2.45) is 0 Å². The number of nitrogens with zero attached hydrogens (tertiary/aromatic N) is 3. The second kappa shape index (κ2) is 11.3. The van der Waals surface area contributed by atoms with E-state index >= 15 is 0 Å². The Kier molecular flexibility index (Phi) is 7.95. The number of hydrogen-bond acceptors (Lipinski definition) is 5. The van der Waals surface area contributed by atoms with Crippen molar-refractivity contribution >= 4 is 23.2 Å². The molecule has 2 amide bonds. The largest absolute Gasteiger partial charge is 0.494 e. The van der Waals surface area contributed by atoms with Crippen LogP contribution in [-0.2, 0) is 11.2 Å². The molecule has 0 N–H and O–H groups in total. The molecule has 2 aromatic carbocycles. The first-order chi connectivity index (χ1) is 16.5. The van der Waals surface area contributed by atoms with Gasteiger partial charge in [-0.05, 0) is 56.5 Å². The van der Waals surface area contributed by atoms with Gasteiger partial charge in [-0.25, -0.2) is 4.98 Å². The molecule has 3 aromatic rings. The van der Waals surface area contributed by atoms with Crippen LogP contribution >= 0.6 is 11.3 Å². The summed E-state index contributed by atoms with van der Waals surface area (Å²) in [6.45, 7) is 6.74. The summed E-state index contributed by atoms with van der Waals surface area (Å²) in [5.74, 6) is 1.00. The highest BCUT2D eigenvalue weighted by molar-refractivity contribution is 7.17. The van der Waals surface area contributed by atoms with E-state index in [1.807, 2.05) is 66.1 Å². The molecule has 1 saturated heterocycles. The molecule has 7 heteroatoms. The molecule has 34 heavy (non-hydrogen) atoms. The Balaban J connectivity index is 1.29. The first kappa shape index (κ1) is 24.0. The lowest BCUT2D eigenvalue weighted by Crippen LogP contribution is -2.50. The molecule has 1 aliphatic heterocycles. The zero-order valence-electron chi connectivity index (χ0n) is 19.8. The molecule has 6 nitrogen and oxygen atoms in total. The fourth-order valence-corrected chi connectivity index (χ4v) is 5.17. The van der Waals surface area contributed by atoms with Gasteiger partial charge >= 0.3 is 0 Å². The summed E-state index contributed by atoms with van der Waals surface area (Å²) in [6.07, 6.45) is 2.30. The summed E-state index contributed by atoms with van der Waals surface area (Å²) in [7, 11) is 0. The number of rotatable bonds is 8. The smallest absolute Gasteiger partial charge is 0.265 e. The van der Waals surface area contributed by atoms with E-state index < -0.39 is 0 Å². The van der Waals surface area contributed by atoms with Gasteiger partial charge in [-0.2, -0.15) is 0 Å². The van der Waals surface area contributed by atoms with Crippen molar-refractivity contribution < 1.29 is 14.3 Å². The summed E-state index contributed by atoms with van der Waals surface area (Å²) >= 11 is 1.43. The van der Waals surface area contributed by atoms with Crippen molar-refractivity contribution in [3.63, 3.8) is 0 Å². The monoisotopic (exact) mass is 477 g/mol. The minimum Gasteiger partial charge on any atom is -0.494 e. The fourth-order valence-electron chi connectivity index (χ4n) is 4.13. The van der Waals surface area contributed by atoms with Gasteiger partial charge in [-0.3, -0.25) is 9.59 Å². The minimum absolute atomic E-state index is 0.00311. The molecule has 1 fully saturated rings. The number of carbonyl (C=O) groups is 2. The van der Waals surface area contributed by atoms with E-state index in [9.17, 15) is 9.59 Å². The predicted molar refractivity (Wildman–Crippen MR) is 135 cm³/mol. The maximum atomic E-state index is 13.2. The lowest BCUT2D eigenvalue weighted by molar-refractivity contribution is -0.132. The van der Waals surface area contributed by atoms with Crippen LogP contribution in [0.2, 0.25) is 0 Å². The lowest BCUT2D eigenvalue weighted by Gasteiger charge is -2.34. The highest BCUT2D eigenvalue weighted by atomic mass is 32.1. The maximum absolute atomic E-state index is 13.2. The number of carbonyl (C=O) groups excluding carboxylic acids is 2. The van der Waals surface area contributed by atoms with Crippen LogP contribution in [0.1, 0.15) is 40.7 Å². The summed E-state index contributed by atoms with van der Waals surface area (Å²) in [6, 6.07) is 18.0. The number of amides is 2. The second-order valence-electron chi connectivity index (χ2n) is 8.40. The fraction of sp³-hybridized carbons (Fsp3) is 0.370. The number of aryl methyl sites for hydroxylation is 2. The molecule has 0 aliphatic carbocycles. The van der Waals surface area contributed by atoms with E-state index in [-0.39, 0.29) is 11.8 Å². The van der Waals surface area contributed by atoms with Crippen LogP contribution in [0.15, 0.2) is 54.6 Å². The van der Waals surface area contributed by atoms with Gasteiger partial charge in [-0.1, -0.05) is 30.3 Å². The van der Waals surface area contributed by atoms with Gasteiger partial charge in [0, 0.05) is 38.2 Å². The average molecular weight is 478 g/mol. The van der Waals surface area contributed by atoms with Crippen molar-refractivity contribution in [1.82, 2.24) is 14.8 Å². The maximum Gasteiger partial charge on any atom is 0.265 e. The van der Waals surface area contributed by atoms with E-state index in [4.69, 9.17) is 4.74 Å². The summed E-state index contributed by atoms with van der Waals surface area (Å²) in [5.41, 5.74) is 2.98. The molecule has 1 aliphatic rings. The van der Waals surface area contributed by atoms with Crippen LogP contribution in [0, 0.1) is 6.92 Å². The number of thiazole rings is 1. The molecule has 0 bridgehead atoms. The third-order valence-corrected chi connectivity index (χ3v) is 7.22. The van der Waals surface area contributed by atoms with Crippen molar-refractivity contribution in [2.45, 2.75) is 33.1 Å². The van der Waals surface area contributed by atoms with Gasteiger partial charge in [-0.15, -0.1) is 11.3 Å². The standard InChI is InChI=1S/C27H31N3O3S/c1-3-33-23-14-12-22(13-15-23)26-28-20(2)25(34-26)27(32)30-18-16-29(17-19-30)24(31)11-7-10-21-8-5-4-6-9-21/h4-6,8-9,12-15H,3,7,10-11,16-19H2,1-2H3. The second-order valence-corrected chi connectivity index (χ2v) is 9.40. The van der Waals surface area contributed by atoms with E-state index in [0.717, 1.165) is 34.9 Å². The molecular formula is C27H31N3O3S. The van der Waals surface area contributed by atoms with Crippen LogP contribution in [0.25, 0.3) is 10.6 Å². The summed E-state index contributed by atoms with van der Waals surface area (Å²) < 4.78 is 5.50. The molecule has 1 aromatic heterocycles. The van der Waals surface area contributed by atoms with Crippen LogP contribution in [0.4, 0.5) is 0 Å². The van der Waals surface area contributed by atoms with Crippen molar-refractivity contribution in [2.75, 3.05) is 32.8 Å². The topological polar surface area (TPSA) is 62.7 Å². The van der Waals surface area contributed by atoms with Crippen LogP contribution in [0.3, 0.4) is 0 Å².